The quantitative estimate of drug-likeness (QED) is 0.886. The number of nitrogens with one attached hydrogen (secondary N) is 1. The van der Waals surface area contributed by atoms with Gasteiger partial charge in [-0.2, -0.15) is 0 Å². The Morgan fingerprint density at radius 3 is 2.32 bits per heavy atom. The summed E-state index contributed by atoms with van der Waals surface area (Å²) in [4.78, 5) is 3.44. The van der Waals surface area contributed by atoms with E-state index in [4.69, 9.17) is 10.5 Å². The van der Waals surface area contributed by atoms with Gasteiger partial charge in [-0.1, -0.05) is 0 Å². The second-order valence-electron chi connectivity index (χ2n) is 5.06. The fourth-order valence-corrected chi connectivity index (χ4v) is 2.62. The maximum absolute atomic E-state index is 5.75. The highest BCUT2D eigenvalue weighted by Crippen LogP contribution is 2.34. The molecule has 1 heterocycles. The molecule has 0 aliphatic heterocycles. The summed E-state index contributed by atoms with van der Waals surface area (Å²) >= 11 is 0. The zero-order chi connectivity index (χ0) is 14.2. The molecular weight excluding hydrogens is 236 g/mol. The first-order valence-corrected chi connectivity index (χ1v) is 6.53. The Morgan fingerprint density at radius 2 is 1.79 bits per heavy atom. The topological polar surface area (TPSA) is 51.0 Å². The molecule has 102 valence electrons. The van der Waals surface area contributed by atoms with Crippen molar-refractivity contribution in [3.8, 4) is 17.0 Å². The monoisotopic (exact) mass is 258 g/mol. The largest absolute Gasteiger partial charge is 0.496 e. The van der Waals surface area contributed by atoms with E-state index in [0.29, 0.717) is 6.54 Å². The van der Waals surface area contributed by atoms with Crippen molar-refractivity contribution in [1.29, 1.82) is 0 Å². The normalized spacial score (nSPS) is 10.8. The maximum Gasteiger partial charge on any atom is 0.122 e. The molecule has 0 saturated heterocycles. The van der Waals surface area contributed by atoms with Gasteiger partial charge in [0.1, 0.15) is 5.75 Å². The summed E-state index contributed by atoms with van der Waals surface area (Å²) in [7, 11) is 1.71. The van der Waals surface area contributed by atoms with Gasteiger partial charge in [0.25, 0.3) is 0 Å². The summed E-state index contributed by atoms with van der Waals surface area (Å²) in [6.07, 6.45) is 0. The van der Waals surface area contributed by atoms with Gasteiger partial charge in [-0.05, 0) is 62.1 Å². The molecule has 3 N–H and O–H groups in total. The van der Waals surface area contributed by atoms with Crippen LogP contribution in [-0.2, 0) is 6.54 Å². The van der Waals surface area contributed by atoms with Crippen molar-refractivity contribution in [2.75, 3.05) is 7.11 Å². The van der Waals surface area contributed by atoms with Crippen LogP contribution in [-0.4, -0.2) is 12.1 Å². The van der Waals surface area contributed by atoms with Crippen LogP contribution in [0.3, 0.4) is 0 Å². The number of aryl methyl sites for hydroxylation is 2. The molecule has 0 saturated carbocycles. The van der Waals surface area contributed by atoms with Gasteiger partial charge in [0, 0.05) is 23.5 Å². The van der Waals surface area contributed by atoms with Crippen LogP contribution in [0.25, 0.3) is 11.3 Å². The Balaban J connectivity index is 2.65. The molecule has 0 fully saturated rings. The molecule has 3 heteroatoms. The highest BCUT2D eigenvalue weighted by Gasteiger charge is 2.14. The van der Waals surface area contributed by atoms with Gasteiger partial charge in [0.2, 0.25) is 0 Å². The van der Waals surface area contributed by atoms with Crippen molar-refractivity contribution < 1.29 is 4.74 Å². The molecule has 19 heavy (non-hydrogen) atoms. The Morgan fingerprint density at radius 1 is 1.11 bits per heavy atom. The Labute approximate surface area is 114 Å². The molecule has 0 radical (unpaired) electrons. The van der Waals surface area contributed by atoms with Crippen LogP contribution in [0.15, 0.2) is 12.1 Å². The number of nitrogens with two attached hydrogens (primary N) is 1. The summed E-state index contributed by atoms with van der Waals surface area (Å²) < 4.78 is 5.42. The van der Waals surface area contributed by atoms with Gasteiger partial charge in [0.15, 0.2) is 0 Å². The van der Waals surface area contributed by atoms with E-state index < -0.39 is 0 Å². The molecule has 0 atom stereocenters. The SMILES string of the molecule is COc1cc(C)c(-c2cc(CN)c(C)[nH]2)c(C)c1C. The lowest BCUT2D eigenvalue weighted by Crippen LogP contribution is -1.96. The summed E-state index contributed by atoms with van der Waals surface area (Å²) in [5, 5.41) is 0. The fraction of sp³-hybridized carbons (Fsp3) is 0.375. The second kappa shape index (κ2) is 5.10. The van der Waals surface area contributed by atoms with Gasteiger partial charge in [0.05, 0.1) is 7.11 Å². The van der Waals surface area contributed by atoms with Crippen molar-refractivity contribution in [2.24, 2.45) is 5.73 Å². The number of benzene rings is 1. The predicted octanol–water partition coefficient (Wildman–Crippen LogP) is 3.38. The van der Waals surface area contributed by atoms with Crippen molar-refractivity contribution in [3.63, 3.8) is 0 Å². The van der Waals surface area contributed by atoms with Gasteiger partial charge in [-0.15, -0.1) is 0 Å². The molecule has 0 amide bonds. The maximum atomic E-state index is 5.75. The number of ether oxygens (including phenoxy) is 1. The van der Waals surface area contributed by atoms with Crippen molar-refractivity contribution in [1.82, 2.24) is 4.98 Å². The second-order valence-corrected chi connectivity index (χ2v) is 5.06. The van der Waals surface area contributed by atoms with Gasteiger partial charge >= 0.3 is 0 Å². The lowest BCUT2D eigenvalue weighted by molar-refractivity contribution is 0.411. The third kappa shape index (κ3) is 2.26. The number of aromatic nitrogens is 1. The molecule has 1 aromatic carbocycles. The van der Waals surface area contributed by atoms with Gasteiger partial charge in [-0.3, -0.25) is 0 Å². The first-order chi connectivity index (χ1) is 8.99. The molecule has 0 unspecified atom stereocenters. The van der Waals surface area contributed by atoms with Crippen LogP contribution < -0.4 is 10.5 Å². The first-order valence-electron chi connectivity index (χ1n) is 6.53. The standard InChI is InChI=1S/C16H22N2O/c1-9-6-15(19-5)10(2)11(3)16(9)14-7-13(8-17)12(4)18-14/h6-7,18H,8,17H2,1-5H3. The highest BCUT2D eigenvalue weighted by molar-refractivity contribution is 5.72. The van der Waals surface area contributed by atoms with E-state index in [1.54, 1.807) is 7.11 Å². The zero-order valence-electron chi connectivity index (χ0n) is 12.3. The van der Waals surface area contributed by atoms with E-state index in [0.717, 1.165) is 17.1 Å². The van der Waals surface area contributed by atoms with E-state index >= 15 is 0 Å². The molecule has 0 aliphatic rings. The van der Waals surface area contributed by atoms with Crippen molar-refractivity contribution in [2.45, 2.75) is 34.2 Å². The average molecular weight is 258 g/mol. The number of rotatable bonds is 3. The number of H-pyrrole nitrogens is 1. The van der Waals surface area contributed by atoms with Crippen molar-refractivity contribution in [3.05, 3.63) is 40.1 Å². The summed E-state index contributed by atoms with van der Waals surface area (Å²) in [6, 6.07) is 4.24. The number of aromatic amines is 1. The van der Waals surface area contributed by atoms with Crippen LogP contribution in [0, 0.1) is 27.7 Å². The molecule has 2 rings (SSSR count). The highest BCUT2D eigenvalue weighted by atomic mass is 16.5. The molecule has 2 aromatic rings. The lowest BCUT2D eigenvalue weighted by atomic mass is 9.95. The van der Waals surface area contributed by atoms with E-state index in [2.05, 4.69) is 44.8 Å². The minimum absolute atomic E-state index is 0.565. The number of methoxy groups -OCH3 is 1. The molecule has 1 aromatic heterocycles. The fourth-order valence-electron chi connectivity index (χ4n) is 2.62. The third-order valence-electron chi connectivity index (χ3n) is 3.88. The van der Waals surface area contributed by atoms with Crippen LogP contribution in [0.2, 0.25) is 0 Å². The first kappa shape index (κ1) is 13.7. The smallest absolute Gasteiger partial charge is 0.122 e. The zero-order valence-corrected chi connectivity index (χ0v) is 12.3. The number of hydrogen-bond acceptors (Lipinski definition) is 2. The molecule has 0 bridgehead atoms. The molecular formula is C16H22N2O. The predicted molar refractivity (Wildman–Crippen MR) is 79.6 cm³/mol. The van der Waals surface area contributed by atoms with E-state index in [9.17, 15) is 0 Å². The van der Waals surface area contributed by atoms with E-state index in [1.807, 2.05) is 0 Å². The van der Waals surface area contributed by atoms with Crippen LogP contribution >= 0.6 is 0 Å². The summed E-state index contributed by atoms with van der Waals surface area (Å²) in [5.74, 6) is 0.945. The van der Waals surface area contributed by atoms with E-state index in [1.165, 1.54) is 27.8 Å². The van der Waals surface area contributed by atoms with Crippen LogP contribution in [0.1, 0.15) is 27.9 Å². The van der Waals surface area contributed by atoms with E-state index in [-0.39, 0.29) is 0 Å². The third-order valence-corrected chi connectivity index (χ3v) is 3.88. The lowest BCUT2D eigenvalue weighted by Gasteiger charge is -2.15. The molecule has 3 nitrogen and oxygen atoms in total. The van der Waals surface area contributed by atoms with Gasteiger partial charge < -0.3 is 15.5 Å². The summed E-state index contributed by atoms with van der Waals surface area (Å²) in [5.41, 5.74) is 14.1. The number of hydrogen-bond donors (Lipinski definition) is 2. The van der Waals surface area contributed by atoms with Crippen LogP contribution in [0.5, 0.6) is 5.75 Å². The minimum atomic E-state index is 0.565. The molecule has 0 aliphatic carbocycles. The van der Waals surface area contributed by atoms with Crippen molar-refractivity contribution >= 4 is 0 Å². The molecule has 0 spiro atoms. The average Bonchev–Trinajstić information content (AvgIpc) is 2.75. The Bertz CT molecular complexity index is 612. The Hall–Kier alpha value is -1.74. The minimum Gasteiger partial charge on any atom is -0.496 e. The van der Waals surface area contributed by atoms with Crippen LogP contribution in [0.4, 0.5) is 0 Å². The summed E-state index contributed by atoms with van der Waals surface area (Å²) in [6.45, 7) is 8.97. The Kier molecular flexibility index (Phi) is 3.67. The van der Waals surface area contributed by atoms with Gasteiger partial charge in [-0.25, -0.2) is 0 Å².